The lowest BCUT2D eigenvalue weighted by molar-refractivity contribution is -0.140. The van der Waals surface area contributed by atoms with Gasteiger partial charge in [-0.25, -0.2) is 4.39 Å². The third-order valence-corrected chi connectivity index (χ3v) is 3.25. The molecule has 4 heteroatoms. The van der Waals surface area contributed by atoms with Crippen molar-refractivity contribution in [3.05, 3.63) is 23.8 Å². The van der Waals surface area contributed by atoms with Crippen LogP contribution in [-0.2, 0) is 9.59 Å². The minimum atomic E-state index is -1.26. The van der Waals surface area contributed by atoms with Crippen LogP contribution in [0.4, 0.5) is 4.39 Å². The molecule has 1 fully saturated rings. The molecule has 1 aliphatic carbocycles. The fourth-order valence-electron chi connectivity index (χ4n) is 2.34. The van der Waals surface area contributed by atoms with Gasteiger partial charge in [-0.05, 0) is 12.5 Å². The summed E-state index contributed by atoms with van der Waals surface area (Å²) in [6.45, 7) is 2.53. The van der Waals surface area contributed by atoms with E-state index >= 15 is 0 Å². The summed E-state index contributed by atoms with van der Waals surface area (Å²) in [4.78, 5) is 24.8. The van der Waals surface area contributed by atoms with E-state index in [1.807, 2.05) is 0 Å². The van der Waals surface area contributed by atoms with Crippen molar-refractivity contribution in [1.82, 2.24) is 4.90 Å². The van der Waals surface area contributed by atoms with Gasteiger partial charge in [0, 0.05) is 12.1 Å². The van der Waals surface area contributed by atoms with Crippen LogP contribution in [0.1, 0.15) is 26.2 Å². The first-order chi connectivity index (χ1) is 8.16. The maximum atomic E-state index is 13.8. The monoisotopic (exact) mass is 237 g/mol. The zero-order chi connectivity index (χ0) is 12.4. The Morgan fingerprint density at radius 2 is 2.12 bits per heavy atom. The lowest BCUT2D eigenvalue weighted by Crippen LogP contribution is -2.40. The van der Waals surface area contributed by atoms with E-state index in [1.165, 1.54) is 17.1 Å². The third-order valence-electron chi connectivity index (χ3n) is 3.25. The molecule has 0 aromatic rings. The molecule has 2 rings (SSSR count). The molecule has 1 amide bonds. The Hall–Kier alpha value is -1.45. The van der Waals surface area contributed by atoms with Gasteiger partial charge in [-0.3, -0.25) is 9.59 Å². The van der Waals surface area contributed by atoms with Gasteiger partial charge >= 0.3 is 0 Å². The fraction of sp³-hybridized carbons (Fsp3) is 0.538. The van der Waals surface area contributed by atoms with E-state index in [-0.39, 0.29) is 0 Å². The number of ketones is 1. The number of carbonyl (C=O) groups is 2. The summed E-state index contributed by atoms with van der Waals surface area (Å²) in [5.41, 5.74) is 0.307. The molecule has 2 aliphatic rings. The number of nitrogens with zero attached hydrogens (tertiary/aromatic N) is 1. The molecule has 0 aromatic carbocycles. The Morgan fingerprint density at radius 3 is 2.82 bits per heavy atom. The first-order valence-corrected chi connectivity index (χ1v) is 6.04. The number of hydrogen-bond donors (Lipinski definition) is 0. The highest BCUT2D eigenvalue weighted by molar-refractivity contribution is 6.45. The number of hydrogen-bond acceptors (Lipinski definition) is 2. The minimum Gasteiger partial charge on any atom is -0.325 e. The van der Waals surface area contributed by atoms with Gasteiger partial charge in [0.05, 0.1) is 6.04 Å². The molecule has 92 valence electrons. The Kier molecular flexibility index (Phi) is 3.41. The Balaban J connectivity index is 2.16. The molecule has 1 saturated heterocycles. The summed E-state index contributed by atoms with van der Waals surface area (Å²) in [5.74, 6) is -1.10. The molecule has 0 saturated carbocycles. The molecule has 0 spiro atoms. The molecule has 0 aromatic heterocycles. The molecule has 3 nitrogen and oxygen atoms in total. The van der Waals surface area contributed by atoms with E-state index in [9.17, 15) is 14.0 Å². The van der Waals surface area contributed by atoms with Gasteiger partial charge in [0.25, 0.3) is 5.91 Å². The van der Waals surface area contributed by atoms with Crippen molar-refractivity contribution in [3.8, 4) is 0 Å². The number of amides is 1. The van der Waals surface area contributed by atoms with Crippen molar-refractivity contribution < 1.29 is 14.0 Å². The zero-order valence-corrected chi connectivity index (χ0v) is 9.86. The Bertz CT molecular complexity index is 400. The largest absolute Gasteiger partial charge is 0.325 e. The smallest absolute Gasteiger partial charge is 0.295 e. The van der Waals surface area contributed by atoms with Crippen LogP contribution in [0, 0.1) is 0 Å². The summed E-state index contributed by atoms with van der Waals surface area (Å²) in [6, 6.07) is -0.683. The second-order valence-electron chi connectivity index (χ2n) is 4.43. The molecular weight excluding hydrogens is 221 g/mol. The minimum absolute atomic E-state index is 0.307. The average molecular weight is 237 g/mol. The average Bonchev–Trinajstić information content (AvgIpc) is 2.56. The molecule has 1 heterocycles. The summed E-state index contributed by atoms with van der Waals surface area (Å²) in [5, 5.41) is 0. The summed E-state index contributed by atoms with van der Waals surface area (Å²) in [7, 11) is 0. The van der Waals surface area contributed by atoms with Crippen LogP contribution in [0.5, 0.6) is 0 Å². The Labute approximate surface area is 100.0 Å². The highest BCUT2D eigenvalue weighted by Gasteiger charge is 2.46. The predicted octanol–water partition coefficient (Wildman–Crippen LogP) is 1.79. The van der Waals surface area contributed by atoms with Crippen molar-refractivity contribution in [2.24, 2.45) is 0 Å². The van der Waals surface area contributed by atoms with Crippen LogP contribution in [0.15, 0.2) is 23.8 Å². The first kappa shape index (κ1) is 12.0. The van der Waals surface area contributed by atoms with Crippen LogP contribution in [0.2, 0.25) is 0 Å². The number of allylic oxidation sites excluding steroid dienone is 2. The molecule has 17 heavy (non-hydrogen) atoms. The lowest BCUT2D eigenvalue weighted by atomic mass is 9.97. The van der Waals surface area contributed by atoms with Crippen LogP contribution < -0.4 is 0 Å². The summed E-state index contributed by atoms with van der Waals surface area (Å²) >= 11 is 0. The highest BCUT2D eigenvalue weighted by Crippen LogP contribution is 2.30. The predicted molar refractivity (Wildman–Crippen MR) is 62.2 cm³/mol. The SMILES string of the molecule is CCCCCN1C(=O)C(=O)C2=CC=CC(F)C21. The van der Waals surface area contributed by atoms with Crippen molar-refractivity contribution >= 4 is 11.7 Å². The van der Waals surface area contributed by atoms with E-state index < -0.39 is 23.9 Å². The molecule has 2 atom stereocenters. The van der Waals surface area contributed by atoms with Crippen molar-refractivity contribution in [2.75, 3.05) is 6.54 Å². The number of likely N-dealkylation sites (tertiary alicyclic amines) is 1. The maximum Gasteiger partial charge on any atom is 0.295 e. The zero-order valence-electron chi connectivity index (χ0n) is 9.86. The van der Waals surface area contributed by atoms with Gasteiger partial charge in [0.15, 0.2) is 0 Å². The number of rotatable bonds is 4. The van der Waals surface area contributed by atoms with Crippen molar-refractivity contribution in [2.45, 2.75) is 38.4 Å². The topological polar surface area (TPSA) is 37.4 Å². The molecule has 0 N–H and O–H groups in total. The quantitative estimate of drug-likeness (QED) is 0.552. The van der Waals surface area contributed by atoms with Crippen molar-refractivity contribution in [3.63, 3.8) is 0 Å². The molecule has 2 unspecified atom stereocenters. The van der Waals surface area contributed by atoms with Gasteiger partial charge in [0.1, 0.15) is 6.17 Å². The van der Waals surface area contributed by atoms with E-state index in [2.05, 4.69) is 6.92 Å². The molecule has 0 bridgehead atoms. The van der Waals surface area contributed by atoms with Crippen LogP contribution in [0.25, 0.3) is 0 Å². The number of carbonyl (C=O) groups excluding carboxylic acids is 2. The fourth-order valence-corrected chi connectivity index (χ4v) is 2.34. The second kappa shape index (κ2) is 4.82. The number of halogens is 1. The van der Waals surface area contributed by atoms with Crippen LogP contribution in [0.3, 0.4) is 0 Å². The van der Waals surface area contributed by atoms with Gasteiger partial charge < -0.3 is 4.90 Å². The Morgan fingerprint density at radius 1 is 1.35 bits per heavy atom. The van der Waals surface area contributed by atoms with Crippen LogP contribution in [-0.4, -0.2) is 35.3 Å². The van der Waals surface area contributed by atoms with Crippen LogP contribution >= 0.6 is 0 Å². The standard InChI is InChI=1S/C13H16FNO2/c1-2-3-4-8-15-11-9(12(16)13(15)17)6-5-7-10(11)14/h5-7,10-11H,2-4,8H2,1H3. The lowest BCUT2D eigenvalue weighted by Gasteiger charge is -2.27. The number of Topliss-reactive ketones (excluding diaryl/α,β-unsaturated/α-hetero) is 1. The first-order valence-electron chi connectivity index (χ1n) is 6.04. The van der Waals surface area contributed by atoms with E-state index in [1.54, 1.807) is 6.08 Å². The molecular formula is C13H16FNO2. The third kappa shape index (κ3) is 2.04. The van der Waals surface area contributed by atoms with E-state index in [0.717, 1.165) is 19.3 Å². The van der Waals surface area contributed by atoms with Gasteiger partial charge in [-0.2, -0.15) is 0 Å². The summed E-state index contributed by atoms with van der Waals surface area (Å²) in [6.07, 6.45) is 6.03. The second-order valence-corrected chi connectivity index (χ2v) is 4.43. The molecule has 1 aliphatic heterocycles. The van der Waals surface area contributed by atoms with Gasteiger partial charge in [-0.1, -0.05) is 31.9 Å². The normalized spacial score (nSPS) is 27.4. The van der Waals surface area contributed by atoms with Gasteiger partial charge in [-0.15, -0.1) is 0 Å². The highest BCUT2D eigenvalue weighted by atomic mass is 19.1. The number of unbranched alkanes of at least 4 members (excludes halogenated alkanes) is 2. The molecule has 0 radical (unpaired) electrons. The number of fused-ring (bicyclic) bond motifs is 1. The van der Waals surface area contributed by atoms with Gasteiger partial charge in [0.2, 0.25) is 5.78 Å². The number of alkyl halides is 1. The van der Waals surface area contributed by atoms with E-state index in [4.69, 9.17) is 0 Å². The maximum absolute atomic E-state index is 13.8. The summed E-state index contributed by atoms with van der Waals surface area (Å²) < 4.78 is 13.8. The van der Waals surface area contributed by atoms with Crippen molar-refractivity contribution in [1.29, 1.82) is 0 Å². The van der Waals surface area contributed by atoms with E-state index in [0.29, 0.717) is 12.1 Å².